The van der Waals surface area contributed by atoms with Gasteiger partial charge in [0.25, 0.3) is 5.91 Å². The van der Waals surface area contributed by atoms with Crippen LogP contribution in [0.25, 0.3) is 17.0 Å². The minimum absolute atomic E-state index is 0.144. The molecule has 0 aliphatic rings. The number of furan rings is 1. The van der Waals surface area contributed by atoms with Gasteiger partial charge < -0.3 is 13.9 Å². The molecule has 0 aromatic carbocycles. The Morgan fingerprint density at radius 3 is 2.96 bits per heavy atom. The SMILES string of the molecule is O=C(Nc1nccs1)c1cn2cc(-c3ccc(CO)o3)ccc2n1. The van der Waals surface area contributed by atoms with Crippen molar-refractivity contribution in [2.75, 3.05) is 5.32 Å². The quantitative estimate of drug-likeness (QED) is 0.596. The zero-order chi connectivity index (χ0) is 16.5. The second-order valence-electron chi connectivity index (χ2n) is 5.02. The second-order valence-corrected chi connectivity index (χ2v) is 5.92. The van der Waals surface area contributed by atoms with Crippen LogP contribution in [-0.4, -0.2) is 25.4 Å². The zero-order valence-corrected chi connectivity index (χ0v) is 13.2. The van der Waals surface area contributed by atoms with E-state index in [1.165, 1.54) is 11.3 Å². The molecule has 4 aromatic heterocycles. The average Bonchev–Trinajstić information content (AvgIpc) is 3.33. The van der Waals surface area contributed by atoms with E-state index >= 15 is 0 Å². The van der Waals surface area contributed by atoms with Gasteiger partial charge in [0.2, 0.25) is 0 Å². The first-order chi connectivity index (χ1) is 11.7. The van der Waals surface area contributed by atoms with Crippen LogP contribution >= 0.6 is 11.3 Å². The van der Waals surface area contributed by atoms with E-state index in [1.807, 2.05) is 12.3 Å². The summed E-state index contributed by atoms with van der Waals surface area (Å²) in [7, 11) is 0. The van der Waals surface area contributed by atoms with Crippen LogP contribution in [0.3, 0.4) is 0 Å². The molecule has 0 atom stereocenters. The van der Waals surface area contributed by atoms with Gasteiger partial charge in [-0.2, -0.15) is 0 Å². The van der Waals surface area contributed by atoms with E-state index in [1.54, 1.807) is 40.4 Å². The molecule has 4 rings (SSSR count). The van der Waals surface area contributed by atoms with Gasteiger partial charge in [-0.25, -0.2) is 9.97 Å². The normalized spacial score (nSPS) is 11.0. The summed E-state index contributed by atoms with van der Waals surface area (Å²) in [6.45, 7) is -0.144. The molecule has 0 aliphatic heterocycles. The smallest absolute Gasteiger partial charge is 0.277 e. The van der Waals surface area contributed by atoms with Gasteiger partial charge in [0.1, 0.15) is 29.5 Å². The highest BCUT2D eigenvalue weighted by atomic mass is 32.1. The van der Waals surface area contributed by atoms with Crippen molar-refractivity contribution in [2.45, 2.75) is 6.61 Å². The number of carbonyl (C=O) groups excluding carboxylic acids is 1. The maximum absolute atomic E-state index is 12.2. The largest absolute Gasteiger partial charge is 0.459 e. The van der Waals surface area contributed by atoms with E-state index in [4.69, 9.17) is 9.52 Å². The van der Waals surface area contributed by atoms with Gasteiger partial charge in [0, 0.05) is 29.5 Å². The number of thiazole rings is 1. The van der Waals surface area contributed by atoms with Crippen LogP contribution in [0.5, 0.6) is 0 Å². The van der Waals surface area contributed by atoms with E-state index in [2.05, 4.69) is 15.3 Å². The summed E-state index contributed by atoms with van der Waals surface area (Å²) in [6.07, 6.45) is 5.10. The number of hydrogen-bond acceptors (Lipinski definition) is 6. The van der Waals surface area contributed by atoms with Crippen molar-refractivity contribution in [3.05, 3.63) is 59.7 Å². The highest BCUT2D eigenvalue weighted by molar-refractivity contribution is 7.13. The van der Waals surface area contributed by atoms with Crippen molar-refractivity contribution in [1.82, 2.24) is 14.4 Å². The number of pyridine rings is 1. The summed E-state index contributed by atoms with van der Waals surface area (Å²) in [5.41, 5.74) is 1.78. The summed E-state index contributed by atoms with van der Waals surface area (Å²) in [5.74, 6) is 0.832. The van der Waals surface area contributed by atoms with Crippen LogP contribution in [-0.2, 0) is 6.61 Å². The molecule has 7 nitrogen and oxygen atoms in total. The molecule has 0 saturated carbocycles. The van der Waals surface area contributed by atoms with Crippen LogP contribution in [0, 0.1) is 0 Å². The van der Waals surface area contributed by atoms with Gasteiger partial charge in [0.15, 0.2) is 5.13 Å². The van der Waals surface area contributed by atoms with E-state index < -0.39 is 0 Å². The molecule has 2 N–H and O–H groups in total. The first-order valence-corrected chi connectivity index (χ1v) is 8.00. The average molecular weight is 340 g/mol. The highest BCUT2D eigenvalue weighted by Gasteiger charge is 2.13. The molecule has 0 saturated heterocycles. The van der Waals surface area contributed by atoms with Crippen molar-refractivity contribution < 1.29 is 14.3 Å². The maximum Gasteiger partial charge on any atom is 0.277 e. The van der Waals surface area contributed by atoms with E-state index in [9.17, 15) is 4.79 Å². The Morgan fingerprint density at radius 1 is 1.29 bits per heavy atom. The number of imidazole rings is 1. The van der Waals surface area contributed by atoms with Crippen molar-refractivity contribution in [3.63, 3.8) is 0 Å². The summed E-state index contributed by atoms with van der Waals surface area (Å²) >= 11 is 1.35. The predicted octanol–water partition coefficient (Wildman–Crippen LogP) is 2.80. The summed E-state index contributed by atoms with van der Waals surface area (Å²) in [4.78, 5) is 20.5. The van der Waals surface area contributed by atoms with Crippen LogP contribution < -0.4 is 5.32 Å². The van der Waals surface area contributed by atoms with Gasteiger partial charge in [0.05, 0.1) is 0 Å². The first-order valence-electron chi connectivity index (χ1n) is 7.12. The molecule has 0 radical (unpaired) electrons. The second kappa shape index (κ2) is 5.91. The fourth-order valence-corrected chi connectivity index (χ4v) is 2.84. The lowest BCUT2D eigenvalue weighted by Gasteiger charge is -1.98. The van der Waals surface area contributed by atoms with Crippen molar-refractivity contribution in [3.8, 4) is 11.3 Å². The number of hydrogen-bond donors (Lipinski definition) is 2. The van der Waals surface area contributed by atoms with Crippen LogP contribution in [0.2, 0.25) is 0 Å². The van der Waals surface area contributed by atoms with Gasteiger partial charge in [-0.05, 0) is 24.3 Å². The number of anilines is 1. The van der Waals surface area contributed by atoms with Crippen molar-refractivity contribution in [1.29, 1.82) is 0 Å². The lowest BCUT2D eigenvalue weighted by Crippen LogP contribution is -2.11. The van der Waals surface area contributed by atoms with Crippen molar-refractivity contribution >= 4 is 28.0 Å². The molecule has 0 aliphatic carbocycles. The summed E-state index contributed by atoms with van der Waals surface area (Å²) in [6, 6.07) is 7.17. The number of nitrogens with one attached hydrogen (secondary N) is 1. The van der Waals surface area contributed by atoms with Gasteiger partial charge in [-0.3, -0.25) is 10.1 Å². The molecule has 0 unspecified atom stereocenters. The third-order valence-electron chi connectivity index (χ3n) is 3.44. The lowest BCUT2D eigenvalue weighted by atomic mass is 10.2. The number of nitrogens with zero attached hydrogens (tertiary/aromatic N) is 3. The molecule has 0 bridgehead atoms. The minimum Gasteiger partial charge on any atom is -0.459 e. The molecule has 0 spiro atoms. The molecule has 4 aromatic rings. The number of rotatable bonds is 4. The Hall–Kier alpha value is -2.97. The molecular weight excluding hydrogens is 328 g/mol. The maximum atomic E-state index is 12.2. The van der Waals surface area contributed by atoms with Crippen LogP contribution in [0.15, 0.2) is 52.7 Å². The molecule has 24 heavy (non-hydrogen) atoms. The fraction of sp³-hybridized carbons (Fsp3) is 0.0625. The Bertz CT molecular complexity index is 1000. The number of aliphatic hydroxyl groups is 1. The molecule has 8 heteroatoms. The number of fused-ring (bicyclic) bond motifs is 1. The summed E-state index contributed by atoms with van der Waals surface area (Å²) < 4.78 is 7.28. The van der Waals surface area contributed by atoms with Crippen molar-refractivity contribution in [2.24, 2.45) is 0 Å². The van der Waals surface area contributed by atoms with Crippen LogP contribution in [0.4, 0.5) is 5.13 Å². The van der Waals surface area contributed by atoms with Gasteiger partial charge in [-0.1, -0.05) is 0 Å². The third-order valence-corrected chi connectivity index (χ3v) is 4.13. The van der Waals surface area contributed by atoms with E-state index in [0.717, 1.165) is 5.56 Å². The molecule has 120 valence electrons. The topological polar surface area (TPSA) is 92.7 Å². The lowest BCUT2D eigenvalue weighted by molar-refractivity contribution is 0.102. The van der Waals surface area contributed by atoms with Gasteiger partial charge in [-0.15, -0.1) is 11.3 Å². The van der Waals surface area contributed by atoms with Gasteiger partial charge >= 0.3 is 0 Å². The number of carbonyl (C=O) groups is 1. The Balaban J connectivity index is 1.64. The number of aliphatic hydroxyl groups excluding tert-OH is 1. The Labute approximate surface area is 140 Å². The molecular formula is C16H12N4O3S. The highest BCUT2D eigenvalue weighted by Crippen LogP contribution is 2.23. The Kier molecular flexibility index (Phi) is 3.60. The first kappa shape index (κ1) is 14.6. The Morgan fingerprint density at radius 2 is 2.21 bits per heavy atom. The fourth-order valence-electron chi connectivity index (χ4n) is 2.31. The molecule has 1 amide bonds. The monoisotopic (exact) mass is 340 g/mol. The third kappa shape index (κ3) is 2.68. The minimum atomic E-state index is -0.309. The van der Waals surface area contributed by atoms with E-state index in [-0.39, 0.29) is 12.5 Å². The van der Waals surface area contributed by atoms with E-state index in [0.29, 0.717) is 28.0 Å². The van der Waals surface area contributed by atoms with Crippen LogP contribution in [0.1, 0.15) is 16.2 Å². The molecule has 4 heterocycles. The zero-order valence-electron chi connectivity index (χ0n) is 12.3. The summed E-state index contributed by atoms with van der Waals surface area (Å²) in [5, 5.41) is 14.1. The number of aromatic nitrogens is 3. The molecule has 0 fully saturated rings. The standard InChI is InChI=1S/C16H12N4O3S/c21-9-11-2-3-13(23-11)10-1-4-14-18-12(8-20(14)7-10)15(22)19-16-17-5-6-24-16/h1-8,21H,9H2,(H,17,19,22). The number of amides is 1. The predicted molar refractivity (Wildman–Crippen MR) is 88.9 cm³/mol.